The molecule has 1 atom stereocenters. The second-order valence-electron chi connectivity index (χ2n) is 2.93. The van der Waals surface area contributed by atoms with Gasteiger partial charge in [0.1, 0.15) is 0 Å². The first-order chi connectivity index (χ1) is 5.81. The van der Waals surface area contributed by atoms with Crippen molar-refractivity contribution in [3.8, 4) is 6.07 Å². The maximum atomic E-state index is 8.82. The number of hydrogen-bond acceptors (Lipinski definition) is 4. The predicted molar refractivity (Wildman–Crippen MR) is 47.8 cm³/mol. The molecule has 1 aliphatic carbocycles. The van der Waals surface area contributed by atoms with Crippen LogP contribution in [0.2, 0.25) is 0 Å². The molecule has 1 aromatic rings. The fourth-order valence-electron chi connectivity index (χ4n) is 1.56. The molecule has 0 spiro atoms. The van der Waals surface area contributed by atoms with E-state index in [4.69, 9.17) is 11.0 Å². The van der Waals surface area contributed by atoms with Crippen LogP contribution in [0.1, 0.15) is 29.3 Å². The second-order valence-corrected chi connectivity index (χ2v) is 4.05. The summed E-state index contributed by atoms with van der Waals surface area (Å²) in [6.45, 7) is 0. The van der Waals surface area contributed by atoms with Gasteiger partial charge in [-0.25, -0.2) is 4.98 Å². The Morgan fingerprint density at radius 1 is 1.67 bits per heavy atom. The molecule has 1 aliphatic rings. The van der Waals surface area contributed by atoms with Crippen LogP contribution in [-0.4, -0.2) is 4.98 Å². The molecule has 1 aromatic heterocycles. The molecule has 1 heterocycles. The minimum atomic E-state index is -0.0118. The summed E-state index contributed by atoms with van der Waals surface area (Å²) in [4.78, 5) is 5.39. The van der Waals surface area contributed by atoms with Gasteiger partial charge in [0.2, 0.25) is 0 Å². The maximum absolute atomic E-state index is 8.82. The number of anilines is 1. The summed E-state index contributed by atoms with van der Waals surface area (Å²) < 4.78 is 0. The Balaban J connectivity index is 2.45. The first-order valence-electron chi connectivity index (χ1n) is 3.96. The topological polar surface area (TPSA) is 62.7 Å². The first kappa shape index (κ1) is 7.56. The lowest BCUT2D eigenvalue weighted by Crippen LogP contribution is -2.06. The van der Waals surface area contributed by atoms with Gasteiger partial charge in [0.25, 0.3) is 0 Å². The molecule has 1 unspecified atom stereocenters. The molecule has 0 radical (unpaired) electrons. The lowest BCUT2D eigenvalue weighted by molar-refractivity contribution is 0.632. The number of nitriles is 1. The molecule has 0 saturated heterocycles. The van der Waals surface area contributed by atoms with E-state index in [9.17, 15) is 0 Å². The number of thiazole rings is 1. The van der Waals surface area contributed by atoms with Gasteiger partial charge in [0.15, 0.2) is 5.13 Å². The summed E-state index contributed by atoms with van der Waals surface area (Å²) in [5, 5.41) is 9.42. The highest BCUT2D eigenvalue weighted by molar-refractivity contribution is 7.15. The quantitative estimate of drug-likeness (QED) is 0.659. The molecule has 3 nitrogen and oxygen atoms in total. The Kier molecular flexibility index (Phi) is 1.74. The lowest BCUT2D eigenvalue weighted by atomic mass is 9.92. The molecule has 0 saturated carbocycles. The third-order valence-corrected chi connectivity index (χ3v) is 3.09. The van der Waals surface area contributed by atoms with Gasteiger partial charge in [-0.2, -0.15) is 5.26 Å². The van der Waals surface area contributed by atoms with Crippen molar-refractivity contribution in [1.82, 2.24) is 4.98 Å². The normalized spacial score (nSPS) is 21.4. The SMILES string of the molecule is N#CC1CCCc2sc(N)nc21. The van der Waals surface area contributed by atoms with E-state index in [0.29, 0.717) is 5.13 Å². The summed E-state index contributed by atoms with van der Waals surface area (Å²) in [6.07, 6.45) is 3.07. The zero-order valence-corrected chi connectivity index (χ0v) is 7.40. The number of nitrogens with zero attached hydrogens (tertiary/aromatic N) is 2. The Hall–Kier alpha value is -1.08. The van der Waals surface area contributed by atoms with Crippen LogP contribution in [0.4, 0.5) is 5.13 Å². The summed E-state index contributed by atoms with van der Waals surface area (Å²) in [7, 11) is 0. The van der Waals surface area contributed by atoms with Crippen LogP contribution in [0.3, 0.4) is 0 Å². The minimum Gasteiger partial charge on any atom is -0.375 e. The van der Waals surface area contributed by atoms with Crippen LogP contribution < -0.4 is 5.73 Å². The van der Waals surface area contributed by atoms with Gasteiger partial charge in [-0.3, -0.25) is 0 Å². The maximum Gasteiger partial charge on any atom is 0.180 e. The van der Waals surface area contributed by atoms with Crippen molar-refractivity contribution in [2.24, 2.45) is 0 Å². The van der Waals surface area contributed by atoms with Gasteiger partial charge in [0.05, 0.1) is 17.7 Å². The molecule has 12 heavy (non-hydrogen) atoms. The highest BCUT2D eigenvalue weighted by Gasteiger charge is 2.23. The summed E-state index contributed by atoms with van der Waals surface area (Å²) in [6, 6.07) is 2.26. The van der Waals surface area contributed by atoms with Crippen molar-refractivity contribution in [1.29, 1.82) is 5.26 Å². The van der Waals surface area contributed by atoms with E-state index in [-0.39, 0.29) is 5.92 Å². The van der Waals surface area contributed by atoms with Gasteiger partial charge < -0.3 is 5.73 Å². The smallest absolute Gasteiger partial charge is 0.180 e. The van der Waals surface area contributed by atoms with E-state index in [1.807, 2.05) is 0 Å². The predicted octanol–water partition coefficient (Wildman–Crippen LogP) is 1.67. The van der Waals surface area contributed by atoms with E-state index in [2.05, 4.69) is 11.1 Å². The summed E-state index contributed by atoms with van der Waals surface area (Å²) >= 11 is 1.52. The number of aryl methyl sites for hydroxylation is 1. The van der Waals surface area contributed by atoms with Crippen molar-refractivity contribution >= 4 is 16.5 Å². The molecule has 0 amide bonds. The molecular formula is C8H9N3S. The monoisotopic (exact) mass is 179 g/mol. The van der Waals surface area contributed by atoms with E-state index in [1.54, 1.807) is 0 Å². The molecule has 2 N–H and O–H groups in total. The van der Waals surface area contributed by atoms with Crippen molar-refractivity contribution in [2.75, 3.05) is 5.73 Å². The van der Waals surface area contributed by atoms with Gasteiger partial charge in [-0.15, -0.1) is 11.3 Å². The van der Waals surface area contributed by atoms with E-state index < -0.39 is 0 Å². The molecule has 0 aromatic carbocycles. The molecular weight excluding hydrogens is 170 g/mol. The first-order valence-corrected chi connectivity index (χ1v) is 4.77. The molecule has 62 valence electrons. The van der Waals surface area contributed by atoms with E-state index >= 15 is 0 Å². The van der Waals surface area contributed by atoms with E-state index in [1.165, 1.54) is 16.2 Å². The van der Waals surface area contributed by atoms with Crippen molar-refractivity contribution < 1.29 is 0 Å². The molecule has 0 bridgehead atoms. The largest absolute Gasteiger partial charge is 0.375 e. The summed E-state index contributed by atoms with van der Waals surface area (Å²) in [5.74, 6) is -0.0118. The van der Waals surface area contributed by atoms with Crippen LogP contribution >= 0.6 is 11.3 Å². The fraction of sp³-hybridized carbons (Fsp3) is 0.500. The van der Waals surface area contributed by atoms with Gasteiger partial charge >= 0.3 is 0 Å². The van der Waals surface area contributed by atoms with Crippen LogP contribution in [0.15, 0.2) is 0 Å². The average Bonchev–Trinajstić information content (AvgIpc) is 2.44. The molecule has 2 rings (SSSR count). The van der Waals surface area contributed by atoms with Gasteiger partial charge in [-0.05, 0) is 19.3 Å². The van der Waals surface area contributed by atoms with Gasteiger partial charge in [-0.1, -0.05) is 0 Å². The Morgan fingerprint density at radius 2 is 2.50 bits per heavy atom. The highest BCUT2D eigenvalue weighted by Crippen LogP contribution is 2.34. The number of rotatable bonds is 0. The van der Waals surface area contributed by atoms with Crippen molar-refractivity contribution in [3.05, 3.63) is 10.6 Å². The third-order valence-electron chi connectivity index (χ3n) is 2.13. The average molecular weight is 179 g/mol. The van der Waals surface area contributed by atoms with Gasteiger partial charge in [0, 0.05) is 4.88 Å². The Labute approximate surface area is 74.8 Å². The molecule has 0 aliphatic heterocycles. The Morgan fingerprint density at radius 3 is 3.25 bits per heavy atom. The fourth-order valence-corrected chi connectivity index (χ4v) is 2.50. The number of nitrogen functional groups attached to an aromatic ring is 1. The standard InChI is InChI=1S/C8H9N3S/c9-4-5-2-1-3-6-7(5)11-8(10)12-6/h5H,1-3H2,(H2,10,11). The van der Waals surface area contributed by atoms with Crippen LogP contribution in [0.25, 0.3) is 0 Å². The minimum absolute atomic E-state index is 0.0118. The van der Waals surface area contributed by atoms with Crippen LogP contribution in [0, 0.1) is 11.3 Å². The van der Waals surface area contributed by atoms with Crippen molar-refractivity contribution in [2.45, 2.75) is 25.2 Å². The number of nitrogens with two attached hydrogens (primary N) is 1. The number of aromatic nitrogens is 1. The second kappa shape index (κ2) is 2.76. The number of hydrogen-bond donors (Lipinski definition) is 1. The third kappa shape index (κ3) is 1.07. The Bertz CT molecular complexity index is 337. The van der Waals surface area contributed by atoms with Crippen LogP contribution in [0.5, 0.6) is 0 Å². The molecule has 0 fully saturated rings. The summed E-state index contributed by atoms with van der Waals surface area (Å²) in [5.41, 5.74) is 6.51. The zero-order valence-electron chi connectivity index (χ0n) is 6.58. The highest BCUT2D eigenvalue weighted by atomic mass is 32.1. The zero-order chi connectivity index (χ0) is 8.55. The number of fused-ring (bicyclic) bond motifs is 1. The van der Waals surface area contributed by atoms with E-state index in [0.717, 1.165) is 25.0 Å². The lowest BCUT2D eigenvalue weighted by Gasteiger charge is -2.13. The van der Waals surface area contributed by atoms with Crippen LogP contribution in [-0.2, 0) is 6.42 Å². The van der Waals surface area contributed by atoms with Crippen molar-refractivity contribution in [3.63, 3.8) is 0 Å². The molecule has 4 heteroatoms.